The molecule has 0 N–H and O–H groups in total. The van der Waals surface area contributed by atoms with Crippen molar-refractivity contribution in [1.29, 1.82) is 0 Å². The van der Waals surface area contributed by atoms with Crippen molar-refractivity contribution < 1.29 is 4.52 Å². The normalized spacial score (nSPS) is 10.0. The van der Waals surface area contributed by atoms with Crippen LogP contribution in [0.15, 0.2) is 17.1 Å². The van der Waals surface area contributed by atoms with Crippen LogP contribution in [0.4, 0.5) is 0 Å². The summed E-state index contributed by atoms with van der Waals surface area (Å²) in [7, 11) is 0. The van der Waals surface area contributed by atoms with Crippen molar-refractivity contribution in [2.24, 2.45) is 0 Å². The summed E-state index contributed by atoms with van der Waals surface area (Å²) in [4.78, 5) is 8.45. The predicted molar refractivity (Wildman–Crippen MR) is 34.2 cm³/mol. The van der Waals surface area contributed by atoms with Gasteiger partial charge in [0.15, 0.2) is 5.51 Å². The molecule has 0 amide bonds. The van der Waals surface area contributed by atoms with Crippen molar-refractivity contribution in [2.75, 3.05) is 0 Å². The van der Waals surface area contributed by atoms with Crippen LogP contribution in [0.25, 0.3) is 10.7 Å². The van der Waals surface area contributed by atoms with Crippen LogP contribution in [-0.4, -0.2) is 15.1 Å². The highest BCUT2D eigenvalue weighted by Gasteiger charge is 2.02. The van der Waals surface area contributed by atoms with E-state index in [9.17, 15) is 0 Å². The standard InChI is InChI=1S/C5H2N3OS/c1-4(10-3-6-1)5-7-2-9-8-5/h1-2H. The molecule has 2 rings (SSSR count). The summed E-state index contributed by atoms with van der Waals surface area (Å²) in [6, 6.07) is 0. The second-order valence-electron chi connectivity index (χ2n) is 1.57. The molecule has 0 aromatic carbocycles. The summed E-state index contributed by atoms with van der Waals surface area (Å²) in [5.74, 6) is 0.568. The molecular formula is C5H2N3OS. The zero-order chi connectivity index (χ0) is 6.81. The average molecular weight is 152 g/mol. The van der Waals surface area contributed by atoms with E-state index in [0.717, 1.165) is 4.88 Å². The van der Waals surface area contributed by atoms with E-state index in [4.69, 9.17) is 0 Å². The minimum absolute atomic E-state index is 0.568. The monoisotopic (exact) mass is 152 g/mol. The van der Waals surface area contributed by atoms with Crippen LogP contribution in [0.3, 0.4) is 0 Å². The number of hydrogen-bond acceptors (Lipinski definition) is 5. The minimum atomic E-state index is 0.568. The van der Waals surface area contributed by atoms with Crippen molar-refractivity contribution >= 4 is 11.3 Å². The Morgan fingerprint density at radius 3 is 3.20 bits per heavy atom. The van der Waals surface area contributed by atoms with Crippen molar-refractivity contribution in [3.63, 3.8) is 0 Å². The summed E-state index contributed by atoms with van der Waals surface area (Å²) >= 11 is 1.36. The molecule has 0 aliphatic rings. The zero-order valence-electron chi connectivity index (χ0n) is 4.81. The lowest BCUT2D eigenvalue weighted by Gasteiger charge is -1.78. The summed E-state index contributed by atoms with van der Waals surface area (Å²) < 4.78 is 4.54. The van der Waals surface area contributed by atoms with Gasteiger partial charge in [0.2, 0.25) is 12.2 Å². The molecule has 2 aromatic rings. The quantitative estimate of drug-likeness (QED) is 0.611. The third kappa shape index (κ3) is 0.801. The number of aromatic nitrogens is 3. The van der Waals surface area contributed by atoms with Gasteiger partial charge >= 0.3 is 0 Å². The van der Waals surface area contributed by atoms with Crippen LogP contribution < -0.4 is 0 Å². The smallest absolute Gasteiger partial charge is 0.214 e. The van der Waals surface area contributed by atoms with E-state index in [2.05, 4.69) is 25.2 Å². The lowest BCUT2D eigenvalue weighted by Crippen LogP contribution is -1.71. The SMILES string of the molecule is [c]1ncc(-c2ncon2)s1. The molecule has 0 bridgehead atoms. The molecule has 2 heterocycles. The number of rotatable bonds is 1. The molecule has 5 heteroatoms. The Bertz CT molecular complexity index is 256. The van der Waals surface area contributed by atoms with Gasteiger partial charge in [-0.15, -0.1) is 11.3 Å². The van der Waals surface area contributed by atoms with Gasteiger partial charge < -0.3 is 4.52 Å². The van der Waals surface area contributed by atoms with Gasteiger partial charge in [-0.05, 0) is 0 Å². The third-order valence-electron chi connectivity index (χ3n) is 0.972. The highest BCUT2D eigenvalue weighted by molar-refractivity contribution is 7.12. The first kappa shape index (κ1) is 5.55. The van der Waals surface area contributed by atoms with Crippen LogP contribution in [0.2, 0.25) is 0 Å². The fourth-order valence-electron chi connectivity index (χ4n) is 0.569. The fourth-order valence-corrected chi connectivity index (χ4v) is 1.06. The van der Waals surface area contributed by atoms with Gasteiger partial charge in [-0.1, -0.05) is 5.16 Å². The fraction of sp³-hybridized carbons (Fsp3) is 0. The van der Waals surface area contributed by atoms with Gasteiger partial charge in [0, 0.05) is 6.20 Å². The van der Waals surface area contributed by atoms with Gasteiger partial charge in [0.1, 0.15) is 0 Å². The van der Waals surface area contributed by atoms with Gasteiger partial charge in [0.25, 0.3) is 0 Å². The van der Waals surface area contributed by atoms with Crippen LogP contribution in [0, 0.1) is 5.51 Å². The molecule has 0 fully saturated rings. The summed E-state index contributed by atoms with van der Waals surface area (Å²) in [6.07, 6.45) is 2.94. The van der Waals surface area contributed by atoms with Gasteiger partial charge in [0.05, 0.1) is 4.88 Å². The Kier molecular flexibility index (Phi) is 1.21. The number of thiazole rings is 1. The zero-order valence-corrected chi connectivity index (χ0v) is 5.63. The molecule has 1 radical (unpaired) electrons. The highest BCUT2D eigenvalue weighted by Crippen LogP contribution is 2.17. The molecule has 0 saturated heterocycles. The molecule has 0 aliphatic carbocycles. The minimum Gasteiger partial charge on any atom is -0.342 e. The van der Waals surface area contributed by atoms with Crippen molar-refractivity contribution in [3.8, 4) is 10.7 Å². The molecule has 4 nitrogen and oxygen atoms in total. The van der Waals surface area contributed by atoms with Crippen LogP contribution >= 0.6 is 11.3 Å². The first-order chi connectivity index (χ1) is 4.97. The van der Waals surface area contributed by atoms with E-state index < -0.39 is 0 Å². The first-order valence-electron chi connectivity index (χ1n) is 2.55. The van der Waals surface area contributed by atoms with E-state index in [1.54, 1.807) is 6.20 Å². The maximum absolute atomic E-state index is 4.54. The summed E-state index contributed by atoms with van der Waals surface area (Å²) in [6.45, 7) is 0. The second kappa shape index (κ2) is 2.18. The van der Waals surface area contributed by atoms with Gasteiger partial charge in [-0.3, -0.25) is 0 Å². The molecule has 2 aromatic heterocycles. The van der Waals surface area contributed by atoms with Crippen LogP contribution in [0.1, 0.15) is 0 Å². The van der Waals surface area contributed by atoms with E-state index in [1.807, 2.05) is 0 Å². The first-order valence-corrected chi connectivity index (χ1v) is 3.37. The molecular weight excluding hydrogens is 150 g/mol. The molecule has 10 heavy (non-hydrogen) atoms. The molecule has 0 unspecified atom stereocenters. The van der Waals surface area contributed by atoms with E-state index in [1.165, 1.54) is 17.7 Å². The molecule has 0 spiro atoms. The molecule has 0 saturated carbocycles. The molecule has 0 atom stereocenters. The van der Waals surface area contributed by atoms with Crippen molar-refractivity contribution in [2.45, 2.75) is 0 Å². The average Bonchev–Trinajstić information content (AvgIpc) is 2.59. The third-order valence-corrected chi connectivity index (χ3v) is 1.68. The summed E-state index contributed by atoms with van der Waals surface area (Å²) in [5.41, 5.74) is 2.69. The Hall–Kier alpha value is -1.23. The lowest BCUT2D eigenvalue weighted by atomic mass is 10.5. The highest BCUT2D eigenvalue weighted by atomic mass is 32.1. The Labute approximate surface area is 60.5 Å². The maximum Gasteiger partial charge on any atom is 0.214 e. The largest absolute Gasteiger partial charge is 0.342 e. The van der Waals surface area contributed by atoms with Crippen molar-refractivity contribution in [3.05, 3.63) is 18.1 Å². The van der Waals surface area contributed by atoms with E-state index in [0.29, 0.717) is 5.82 Å². The number of nitrogens with zero attached hydrogens (tertiary/aromatic N) is 3. The molecule has 0 aliphatic heterocycles. The Morgan fingerprint density at radius 1 is 1.60 bits per heavy atom. The second-order valence-corrected chi connectivity index (χ2v) is 2.40. The molecule has 49 valence electrons. The van der Waals surface area contributed by atoms with Crippen molar-refractivity contribution in [1.82, 2.24) is 15.1 Å². The van der Waals surface area contributed by atoms with Crippen LogP contribution in [0.5, 0.6) is 0 Å². The van der Waals surface area contributed by atoms with Gasteiger partial charge in [-0.2, -0.15) is 4.98 Å². The van der Waals surface area contributed by atoms with Gasteiger partial charge in [-0.25, -0.2) is 4.98 Å². The lowest BCUT2D eigenvalue weighted by molar-refractivity contribution is 0.419. The topological polar surface area (TPSA) is 51.8 Å². The Balaban J connectivity index is 2.48. The summed E-state index contributed by atoms with van der Waals surface area (Å²) in [5, 5.41) is 3.62. The van der Waals surface area contributed by atoms with Crippen LogP contribution in [-0.2, 0) is 0 Å². The predicted octanol–water partition coefficient (Wildman–Crippen LogP) is 0.993. The van der Waals surface area contributed by atoms with E-state index in [-0.39, 0.29) is 0 Å². The Morgan fingerprint density at radius 2 is 2.60 bits per heavy atom. The number of hydrogen-bond donors (Lipinski definition) is 0. The maximum atomic E-state index is 4.54. The van der Waals surface area contributed by atoms with E-state index >= 15 is 0 Å².